The van der Waals surface area contributed by atoms with Gasteiger partial charge in [-0.2, -0.15) is 5.10 Å². The Labute approximate surface area is 191 Å². The summed E-state index contributed by atoms with van der Waals surface area (Å²) in [5.74, 6) is 0.0223. The molecule has 0 aliphatic carbocycles. The van der Waals surface area contributed by atoms with Gasteiger partial charge in [0.2, 0.25) is 10.0 Å². The molecule has 2 aromatic heterocycles. The normalized spacial score (nSPS) is 11.3. The van der Waals surface area contributed by atoms with Crippen molar-refractivity contribution in [3.05, 3.63) is 103 Å². The molecule has 0 radical (unpaired) electrons. The van der Waals surface area contributed by atoms with Gasteiger partial charge in [0.1, 0.15) is 11.4 Å². The number of hydrogen-bond acceptors (Lipinski definition) is 5. The first-order valence-electron chi connectivity index (χ1n) is 10.1. The molecule has 4 rings (SSSR count). The van der Waals surface area contributed by atoms with Crippen LogP contribution in [-0.4, -0.2) is 30.7 Å². The minimum Gasteiger partial charge on any atom is -0.463 e. The largest absolute Gasteiger partial charge is 0.463 e. The molecular formula is C24H22N4O4S. The quantitative estimate of drug-likeness (QED) is 0.366. The number of para-hydroxylation sites is 1. The fraction of sp³-hybridized carbons (Fsp3) is 0.0833. The topological polar surface area (TPSA) is 106 Å². The van der Waals surface area contributed by atoms with Crippen molar-refractivity contribution in [1.29, 1.82) is 0 Å². The summed E-state index contributed by atoms with van der Waals surface area (Å²) in [6, 6.07) is 21.1. The van der Waals surface area contributed by atoms with Crippen molar-refractivity contribution < 1.29 is 17.6 Å². The number of amides is 1. The zero-order chi connectivity index (χ0) is 23.3. The van der Waals surface area contributed by atoms with E-state index in [0.29, 0.717) is 28.4 Å². The number of benzene rings is 2. The minimum atomic E-state index is -3.46. The Kier molecular flexibility index (Phi) is 6.53. The molecule has 1 amide bonds. The molecule has 0 fully saturated rings. The Morgan fingerprint density at radius 3 is 2.48 bits per heavy atom. The number of furan rings is 1. The number of hydrogen-bond donors (Lipinski definition) is 2. The van der Waals surface area contributed by atoms with Crippen molar-refractivity contribution in [3.8, 4) is 17.1 Å². The van der Waals surface area contributed by atoms with Gasteiger partial charge in [0.25, 0.3) is 5.91 Å². The Morgan fingerprint density at radius 1 is 1.06 bits per heavy atom. The van der Waals surface area contributed by atoms with Crippen molar-refractivity contribution >= 4 is 21.6 Å². The summed E-state index contributed by atoms with van der Waals surface area (Å²) in [7, 11) is -3.46. The van der Waals surface area contributed by atoms with Gasteiger partial charge in [-0.3, -0.25) is 4.79 Å². The molecule has 33 heavy (non-hydrogen) atoms. The highest BCUT2D eigenvalue weighted by atomic mass is 32.2. The summed E-state index contributed by atoms with van der Waals surface area (Å²) < 4.78 is 33.5. The highest BCUT2D eigenvalue weighted by molar-refractivity contribution is 7.88. The number of anilines is 1. The van der Waals surface area contributed by atoms with Crippen molar-refractivity contribution in [3.63, 3.8) is 0 Å². The predicted molar refractivity (Wildman–Crippen MR) is 126 cm³/mol. The molecule has 2 N–H and O–H groups in total. The van der Waals surface area contributed by atoms with Gasteiger partial charge < -0.3 is 9.73 Å². The van der Waals surface area contributed by atoms with Gasteiger partial charge >= 0.3 is 0 Å². The maximum Gasteiger partial charge on any atom is 0.274 e. The minimum absolute atomic E-state index is 0.164. The molecule has 0 saturated heterocycles. The molecule has 0 atom stereocenters. The van der Waals surface area contributed by atoms with Crippen LogP contribution in [0.1, 0.15) is 16.1 Å². The SMILES string of the molecule is C=CCNS(=O)(=O)Cc1ccc(NC(=O)c2cc(-c3ccco3)nn2-c2ccccc2)cc1. The average Bonchev–Trinajstić information content (AvgIpc) is 3.50. The summed E-state index contributed by atoms with van der Waals surface area (Å²) in [5.41, 5.74) is 2.71. The van der Waals surface area contributed by atoms with Crippen LogP contribution in [0.5, 0.6) is 0 Å². The fourth-order valence-corrected chi connectivity index (χ4v) is 4.29. The molecular weight excluding hydrogens is 440 g/mol. The van der Waals surface area contributed by atoms with Crippen LogP contribution in [0, 0.1) is 0 Å². The third kappa shape index (κ3) is 5.46. The van der Waals surface area contributed by atoms with E-state index >= 15 is 0 Å². The number of rotatable bonds is 9. The molecule has 0 saturated carbocycles. The van der Waals surface area contributed by atoms with E-state index in [1.165, 1.54) is 6.08 Å². The zero-order valence-corrected chi connectivity index (χ0v) is 18.5. The second-order valence-electron chi connectivity index (χ2n) is 7.19. The van der Waals surface area contributed by atoms with Gasteiger partial charge in [0.15, 0.2) is 5.76 Å². The van der Waals surface area contributed by atoms with Crippen LogP contribution in [0.2, 0.25) is 0 Å². The molecule has 0 aliphatic heterocycles. The number of carbonyl (C=O) groups is 1. The second kappa shape index (κ2) is 9.68. The van der Waals surface area contributed by atoms with Gasteiger partial charge in [-0.1, -0.05) is 36.4 Å². The van der Waals surface area contributed by atoms with E-state index in [-0.39, 0.29) is 18.2 Å². The maximum atomic E-state index is 13.1. The van der Waals surface area contributed by atoms with Crippen LogP contribution in [0.3, 0.4) is 0 Å². The van der Waals surface area contributed by atoms with E-state index in [1.54, 1.807) is 53.4 Å². The van der Waals surface area contributed by atoms with Gasteiger partial charge in [-0.25, -0.2) is 17.8 Å². The van der Waals surface area contributed by atoms with Crippen LogP contribution >= 0.6 is 0 Å². The lowest BCUT2D eigenvalue weighted by Crippen LogP contribution is -2.25. The first-order valence-corrected chi connectivity index (χ1v) is 11.8. The number of sulfonamides is 1. The molecule has 4 aromatic rings. The molecule has 0 spiro atoms. The van der Waals surface area contributed by atoms with Crippen molar-refractivity contribution in [2.24, 2.45) is 0 Å². The summed E-state index contributed by atoms with van der Waals surface area (Å²) in [6.07, 6.45) is 3.03. The Morgan fingerprint density at radius 2 is 1.82 bits per heavy atom. The summed E-state index contributed by atoms with van der Waals surface area (Å²) in [5, 5.41) is 7.39. The monoisotopic (exact) mass is 462 g/mol. The van der Waals surface area contributed by atoms with Crippen LogP contribution < -0.4 is 10.0 Å². The predicted octanol–water partition coefficient (Wildman–Crippen LogP) is 3.99. The lowest BCUT2D eigenvalue weighted by Gasteiger charge is -2.09. The Balaban J connectivity index is 1.55. The number of nitrogens with one attached hydrogen (secondary N) is 2. The number of nitrogens with zero attached hydrogens (tertiary/aromatic N) is 2. The molecule has 8 nitrogen and oxygen atoms in total. The third-order valence-corrected chi connectivity index (χ3v) is 6.05. The van der Waals surface area contributed by atoms with Gasteiger partial charge in [0, 0.05) is 18.3 Å². The van der Waals surface area contributed by atoms with Crippen molar-refractivity contribution in [2.45, 2.75) is 5.75 Å². The van der Waals surface area contributed by atoms with Crippen LogP contribution in [-0.2, 0) is 15.8 Å². The molecule has 0 unspecified atom stereocenters. The second-order valence-corrected chi connectivity index (χ2v) is 8.99. The molecule has 0 aliphatic rings. The smallest absolute Gasteiger partial charge is 0.274 e. The molecule has 0 bridgehead atoms. The maximum absolute atomic E-state index is 13.1. The third-order valence-electron chi connectivity index (χ3n) is 4.73. The summed E-state index contributed by atoms with van der Waals surface area (Å²) in [6.45, 7) is 3.67. The average molecular weight is 463 g/mol. The van der Waals surface area contributed by atoms with Crippen LogP contribution in [0.15, 0.2) is 96.1 Å². The Bertz CT molecular complexity index is 1340. The van der Waals surface area contributed by atoms with Crippen LogP contribution in [0.4, 0.5) is 5.69 Å². The highest BCUT2D eigenvalue weighted by Crippen LogP contribution is 2.23. The van der Waals surface area contributed by atoms with Crippen LogP contribution in [0.25, 0.3) is 17.1 Å². The summed E-state index contributed by atoms with van der Waals surface area (Å²) in [4.78, 5) is 13.1. The van der Waals surface area contributed by atoms with Crippen molar-refractivity contribution in [2.75, 3.05) is 11.9 Å². The van der Waals surface area contributed by atoms with E-state index < -0.39 is 10.0 Å². The molecule has 2 aromatic carbocycles. The lowest BCUT2D eigenvalue weighted by atomic mass is 10.2. The van der Waals surface area contributed by atoms with Gasteiger partial charge in [-0.05, 0) is 42.0 Å². The lowest BCUT2D eigenvalue weighted by molar-refractivity contribution is 0.101. The van der Waals surface area contributed by atoms with Gasteiger partial charge in [0.05, 0.1) is 17.7 Å². The van der Waals surface area contributed by atoms with Crippen molar-refractivity contribution in [1.82, 2.24) is 14.5 Å². The number of carbonyl (C=O) groups excluding carboxylic acids is 1. The Hall–Kier alpha value is -3.95. The summed E-state index contributed by atoms with van der Waals surface area (Å²) >= 11 is 0. The van der Waals surface area contributed by atoms with E-state index in [0.717, 1.165) is 5.69 Å². The first-order chi connectivity index (χ1) is 15.9. The van der Waals surface area contributed by atoms with E-state index in [4.69, 9.17) is 4.42 Å². The molecule has 9 heteroatoms. The zero-order valence-electron chi connectivity index (χ0n) is 17.6. The molecule has 2 heterocycles. The van der Waals surface area contributed by atoms with Gasteiger partial charge in [-0.15, -0.1) is 6.58 Å². The number of aromatic nitrogens is 2. The van der Waals surface area contributed by atoms with E-state index in [1.807, 2.05) is 30.3 Å². The fourth-order valence-electron chi connectivity index (χ4n) is 3.19. The standard InChI is InChI=1S/C24H22N4O4S/c1-2-14-25-33(30,31)17-18-10-12-19(13-11-18)26-24(29)22-16-21(23-9-6-15-32-23)27-28(22)20-7-4-3-5-8-20/h2-13,15-16,25H,1,14,17H2,(H,26,29). The molecule has 168 valence electrons. The first kappa shape index (κ1) is 22.3. The highest BCUT2D eigenvalue weighted by Gasteiger charge is 2.19. The van der Waals surface area contributed by atoms with E-state index in [9.17, 15) is 13.2 Å². The van der Waals surface area contributed by atoms with E-state index in [2.05, 4.69) is 21.7 Å².